The Morgan fingerprint density at radius 1 is 1.20 bits per heavy atom. The van der Waals surface area contributed by atoms with E-state index in [2.05, 4.69) is 19.2 Å². The smallest absolute Gasteiger partial charge is 0.00694 e. The van der Waals surface area contributed by atoms with Gasteiger partial charge in [-0.2, -0.15) is 0 Å². The van der Waals surface area contributed by atoms with Crippen molar-refractivity contribution in [3.8, 4) is 0 Å². The highest BCUT2D eigenvalue weighted by molar-refractivity contribution is 4.77. The van der Waals surface area contributed by atoms with Crippen LogP contribution in [0, 0.1) is 0 Å². The van der Waals surface area contributed by atoms with Gasteiger partial charge in [-0.15, -0.1) is 0 Å². The van der Waals surface area contributed by atoms with Crippen LogP contribution in [0.5, 0.6) is 0 Å². The summed E-state index contributed by atoms with van der Waals surface area (Å²) in [6.45, 7) is 8.41. The highest BCUT2D eigenvalue weighted by atomic mass is 14.9. The molecule has 0 aromatic carbocycles. The van der Waals surface area contributed by atoms with E-state index in [1.54, 1.807) is 0 Å². The van der Waals surface area contributed by atoms with Crippen LogP contribution in [0.4, 0.5) is 0 Å². The molecule has 1 aliphatic carbocycles. The van der Waals surface area contributed by atoms with Crippen LogP contribution >= 0.6 is 0 Å². The third-order valence-corrected chi connectivity index (χ3v) is 1.67. The molecule has 1 N–H and O–H groups in total. The molecule has 10 heavy (non-hydrogen) atoms. The Hall–Kier alpha value is -0.0400. The van der Waals surface area contributed by atoms with Crippen LogP contribution in [0.1, 0.15) is 47.0 Å². The zero-order chi connectivity index (χ0) is 7.98. The van der Waals surface area contributed by atoms with Crippen LogP contribution in [0.25, 0.3) is 0 Å². The Morgan fingerprint density at radius 2 is 1.70 bits per heavy atom. The standard InChI is InChI=1S/C7H15N.C2H6/c1-6(2)8-7-4-3-5-7;1-2/h6-8H,3-5H2,1-2H3;1-2H3. The molecule has 0 aromatic heterocycles. The molecule has 1 heteroatoms. The van der Waals surface area contributed by atoms with Crippen LogP contribution < -0.4 is 5.32 Å². The van der Waals surface area contributed by atoms with Crippen molar-refractivity contribution in [3.05, 3.63) is 0 Å². The number of hydrogen-bond acceptors (Lipinski definition) is 1. The molecule has 1 aliphatic rings. The second kappa shape index (κ2) is 5.72. The molecule has 0 spiro atoms. The first-order valence-corrected chi connectivity index (χ1v) is 4.55. The summed E-state index contributed by atoms with van der Waals surface area (Å²) in [6, 6.07) is 1.54. The third-order valence-electron chi connectivity index (χ3n) is 1.67. The van der Waals surface area contributed by atoms with Crippen LogP contribution in [0.2, 0.25) is 0 Å². The predicted octanol–water partition coefficient (Wildman–Crippen LogP) is 2.56. The van der Waals surface area contributed by atoms with Gasteiger partial charge >= 0.3 is 0 Å². The molecule has 0 aromatic rings. The topological polar surface area (TPSA) is 12.0 Å². The fourth-order valence-electron chi connectivity index (χ4n) is 1.05. The Labute approximate surface area is 65.2 Å². The molecule has 1 fully saturated rings. The van der Waals surface area contributed by atoms with Crippen LogP contribution in [-0.2, 0) is 0 Å². The van der Waals surface area contributed by atoms with Gasteiger partial charge in [0, 0.05) is 12.1 Å². The largest absolute Gasteiger partial charge is 0.312 e. The average molecular weight is 143 g/mol. The lowest BCUT2D eigenvalue weighted by Gasteiger charge is -2.28. The van der Waals surface area contributed by atoms with Gasteiger partial charge in [-0.1, -0.05) is 34.1 Å². The van der Waals surface area contributed by atoms with Crippen molar-refractivity contribution in [2.45, 2.75) is 59.0 Å². The van der Waals surface area contributed by atoms with Gasteiger partial charge < -0.3 is 5.32 Å². The van der Waals surface area contributed by atoms with Gasteiger partial charge in [0.2, 0.25) is 0 Å². The molecule has 0 amide bonds. The third kappa shape index (κ3) is 3.89. The number of nitrogens with one attached hydrogen (secondary N) is 1. The van der Waals surface area contributed by atoms with Crippen molar-refractivity contribution in [3.63, 3.8) is 0 Å². The highest BCUT2D eigenvalue weighted by Crippen LogP contribution is 2.18. The van der Waals surface area contributed by atoms with E-state index >= 15 is 0 Å². The number of hydrogen-bond donors (Lipinski definition) is 1. The maximum absolute atomic E-state index is 3.48. The van der Waals surface area contributed by atoms with E-state index in [1.807, 2.05) is 13.8 Å². The van der Waals surface area contributed by atoms with Gasteiger partial charge in [-0.3, -0.25) is 0 Å². The van der Waals surface area contributed by atoms with Gasteiger partial charge in [-0.05, 0) is 12.8 Å². The second-order valence-electron chi connectivity index (χ2n) is 2.95. The van der Waals surface area contributed by atoms with E-state index < -0.39 is 0 Å². The summed E-state index contributed by atoms with van der Waals surface area (Å²) in [5, 5.41) is 3.48. The Bertz CT molecular complexity index is 65.1. The molecule has 0 aliphatic heterocycles. The lowest BCUT2D eigenvalue weighted by atomic mass is 9.93. The van der Waals surface area contributed by atoms with Crippen molar-refractivity contribution in [1.29, 1.82) is 0 Å². The summed E-state index contributed by atoms with van der Waals surface area (Å²) in [5.41, 5.74) is 0. The molecule has 0 heterocycles. The summed E-state index contributed by atoms with van der Waals surface area (Å²) < 4.78 is 0. The van der Waals surface area contributed by atoms with Crippen molar-refractivity contribution in [2.75, 3.05) is 0 Å². The van der Waals surface area contributed by atoms with E-state index in [0.717, 1.165) is 6.04 Å². The minimum Gasteiger partial charge on any atom is -0.312 e. The highest BCUT2D eigenvalue weighted by Gasteiger charge is 2.16. The Balaban J connectivity index is 0.000000371. The maximum Gasteiger partial charge on any atom is 0.00694 e. The van der Waals surface area contributed by atoms with E-state index in [1.165, 1.54) is 19.3 Å². The fourth-order valence-corrected chi connectivity index (χ4v) is 1.05. The average Bonchev–Trinajstić information content (AvgIpc) is 1.84. The minimum absolute atomic E-state index is 0.681. The molecule has 0 atom stereocenters. The fraction of sp³-hybridized carbons (Fsp3) is 1.00. The predicted molar refractivity (Wildman–Crippen MR) is 47.3 cm³/mol. The van der Waals surface area contributed by atoms with Gasteiger partial charge in [-0.25, -0.2) is 0 Å². The van der Waals surface area contributed by atoms with Gasteiger partial charge in [0.25, 0.3) is 0 Å². The molecular weight excluding hydrogens is 122 g/mol. The van der Waals surface area contributed by atoms with Crippen molar-refractivity contribution >= 4 is 0 Å². The minimum atomic E-state index is 0.681. The van der Waals surface area contributed by atoms with E-state index in [-0.39, 0.29) is 0 Å². The molecule has 0 unspecified atom stereocenters. The van der Waals surface area contributed by atoms with Gasteiger partial charge in [0.05, 0.1) is 0 Å². The van der Waals surface area contributed by atoms with Crippen LogP contribution in [0.3, 0.4) is 0 Å². The van der Waals surface area contributed by atoms with Crippen LogP contribution in [-0.4, -0.2) is 12.1 Å². The molecule has 0 bridgehead atoms. The zero-order valence-corrected chi connectivity index (χ0v) is 7.78. The van der Waals surface area contributed by atoms with Gasteiger partial charge in [0.15, 0.2) is 0 Å². The maximum atomic E-state index is 3.48. The van der Waals surface area contributed by atoms with Gasteiger partial charge in [0.1, 0.15) is 0 Å². The molecule has 1 nitrogen and oxygen atoms in total. The van der Waals surface area contributed by atoms with Crippen LogP contribution in [0.15, 0.2) is 0 Å². The van der Waals surface area contributed by atoms with Crippen molar-refractivity contribution in [1.82, 2.24) is 5.32 Å². The monoisotopic (exact) mass is 143 g/mol. The lowest BCUT2D eigenvalue weighted by Crippen LogP contribution is -2.39. The first-order valence-electron chi connectivity index (χ1n) is 4.55. The molecule has 62 valence electrons. The first-order chi connectivity index (χ1) is 4.79. The zero-order valence-electron chi connectivity index (χ0n) is 7.78. The molecule has 0 saturated heterocycles. The summed E-state index contributed by atoms with van der Waals surface area (Å²) in [6.07, 6.45) is 4.24. The van der Waals surface area contributed by atoms with E-state index in [9.17, 15) is 0 Å². The lowest BCUT2D eigenvalue weighted by molar-refractivity contribution is 0.318. The molecular formula is C9H21N. The molecule has 1 rings (SSSR count). The Kier molecular flexibility index (Phi) is 5.70. The van der Waals surface area contributed by atoms with Crippen molar-refractivity contribution < 1.29 is 0 Å². The van der Waals surface area contributed by atoms with E-state index in [4.69, 9.17) is 0 Å². The Morgan fingerprint density at radius 3 is 1.80 bits per heavy atom. The summed E-state index contributed by atoms with van der Waals surface area (Å²) >= 11 is 0. The second-order valence-corrected chi connectivity index (χ2v) is 2.95. The normalized spacial score (nSPS) is 17.7. The number of rotatable bonds is 2. The summed E-state index contributed by atoms with van der Waals surface area (Å²) in [7, 11) is 0. The molecule has 1 saturated carbocycles. The first kappa shape index (κ1) is 9.96. The summed E-state index contributed by atoms with van der Waals surface area (Å²) in [4.78, 5) is 0. The van der Waals surface area contributed by atoms with Crippen molar-refractivity contribution in [2.24, 2.45) is 0 Å². The quantitative estimate of drug-likeness (QED) is 0.626. The van der Waals surface area contributed by atoms with E-state index in [0.29, 0.717) is 6.04 Å². The molecule has 0 radical (unpaired) electrons. The SMILES string of the molecule is CC.CC(C)NC1CCC1. The summed E-state index contributed by atoms with van der Waals surface area (Å²) in [5.74, 6) is 0.